The molecule has 16 heavy (non-hydrogen) atoms. The van der Waals surface area contributed by atoms with Crippen molar-refractivity contribution in [3.05, 3.63) is 24.5 Å². The van der Waals surface area contributed by atoms with Gasteiger partial charge in [-0.15, -0.1) is 0 Å². The maximum Gasteiger partial charge on any atom is 0.280 e. The van der Waals surface area contributed by atoms with Crippen LogP contribution in [0, 0.1) is 0 Å². The monoisotopic (exact) mass is 235 g/mol. The second kappa shape index (κ2) is 3.48. The van der Waals surface area contributed by atoms with Crippen LogP contribution in [0.4, 0.5) is 0 Å². The number of thioether (sulfide) groups is 1. The molecule has 82 valence electrons. The molecule has 5 nitrogen and oxygen atoms in total. The number of hydrogen-bond donors (Lipinski definition) is 0. The van der Waals surface area contributed by atoms with Gasteiger partial charge in [0.25, 0.3) is 11.8 Å². The Hall–Kier alpha value is -1.56. The average molecular weight is 235 g/mol. The minimum absolute atomic E-state index is 0.170. The second-order valence-electron chi connectivity index (χ2n) is 3.60. The molecule has 1 aromatic heterocycles. The fourth-order valence-electron chi connectivity index (χ4n) is 1.88. The first kappa shape index (κ1) is 9.65. The number of fused-ring (bicyclic) bond motifs is 1. The molecule has 0 N–H and O–H groups in total. The minimum Gasteiger partial charge on any atom is -0.334 e. The van der Waals surface area contributed by atoms with Crippen LogP contribution in [-0.4, -0.2) is 38.7 Å². The van der Waals surface area contributed by atoms with Gasteiger partial charge in [-0.3, -0.25) is 14.5 Å². The largest absolute Gasteiger partial charge is 0.334 e. The van der Waals surface area contributed by atoms with E-state index in [1.165, 1.54) is 11.8 Å². The molecule has 0 spiro atoms. The van der Waals surface area contributed by atoms with Crippen LogP contribution >= 0.6 is 11.8 Å². The summed E-state index contributed by atoms with van der Waals surface area (Å²) in [4.78, 5) is 29.4. The van der Waals surface area contributed by atoms with Crippen LogP contribution in [0.2, 0.25) is 0 Å². The van der Waals surface area contributed by atoms with Crippen LogP contribution in [0.5, 0.6) is 0 Å². The lowest BCUT2D eigenvalue weighted by Crippen LogP contribution is -2.44. The molecule has 1 atom stereocenters. The lowest BCUT2D eigenvalue weighted by atomic mass is 10.2. The Balaban J connectivity index is 2.03. The van der Waals surface area contributed by atoms with Crippen LogP contribution < -0.4 is 0 Å². The van der Waals surface area contributed by atoms with Crippen molar-refractivity contribution in [2.45, 2.75) is 6.04 Å². The normalized spacial score (nSPS) is 24.6. The third kappa shape index (κ3) is 1.30. The molecule has 6 heteroatoms. The number of rotatable bonds is 1. The van der Waals surface area contributed by atoms with E-state index in [0.29, 0.717) is 11.7 Å². The molecule has 2 aliphatic rings. The van der Waals surface area contributed by atoms with Crippen LogP contribution in [0.15, 0.2) is 29.5 Å². The SMILES string of the molecule is O=C1N=C2SCCN2C(=O)C1n1cccc1. The Bertz CT molecular complexity index is 480. The molecule has 3 heterocycles. The van der Waals surface area contributed by atoms with Crippen molar-refractivity contribution in [3.8, 4) is 0 Å². The van der Waals surface area contributed by atoms with Gasteiger partial charge in [-0.25, -0.2) is 0 Å². The number of amidine groups is 1. The molecular formula is C10H9N3O2S. The number of hydrogen-bond acceptors (Lipinski definition) is 3. The predicted molar refractivity (Wildman–Crippen MR) is 60.1 cm³/mol. The van der Waals surface area contributed by atoms with Gasteiger partial charge in [0, 0.05) is 24.7 Å². The topological polar surface area (TPSA) is 54.7 Å². The summed E-state index contributed by atoms with van der Waals surface area (Å²) in [6.07, 6.45) is 3.42. The molecule has 1 fully saturated rings. The molecule has 1 unspecified atom stereocenters. The molecule has 0 aliphatic carbocycles. The highest BCUT2D eigenvalue weighted by Gasteiger charge is 2.40. The summed E-state index contributed by atoms with van der Waals surface area (Å²) in [5.74, 6) is 0.272. The third-order valence-electron chi connectivity index (χ3n) is 2.64. The fraction of sp³-hybridized carbons (Fsp3) is 0.300. The summed E-state index contributed by atoms with van der Waals surface area (Å²) in [6, 6.07) is 2.77. The van der Waals surface area contributed by atoms with Crippen LogP contribution in [0.25, 0.3) is 0 Å². The Morgan fingerprint density at radius 2 is 2.06 bits per heavy atom. The van der Waals surface area contributed by atoms with Gasteiger partial charge in [0.05, 0.1) is 0 Å². The van der Waals surface area contributed by atoms with Crippen LogP contribution in [0.1, 0.15) is 6.04 Å². The lowest BCUT2D eigenvalue weighted by Gasteiger charge is -2.25. The summed E-state index contributed by atoms with van der Waals surface area (Å²) in [7, 11) is 0. The zero-order chi connectivity index (χ0) is 11.1. The van der Waals surface area contributed by atoms with Gasteiger partial charge in [0.1, 0.15) is 0 Å². The number of aromatic nitrogens is 1. The number of carbonyl (C=O) groups excluding carboxylic acids is 2. The van der Waals surface area contributed by atoms with E-state index >= 15 is 0 Å². The van der Waals surface area contributed by atoms with E-state index in [0.717, 1.165) is 5.75 Å². The number of amides is 2. The molecule has 0 bridgehead atoms. The van der Waals surface area contributed by atoms with Gasteiger partial charge in [-0.2, -0.15) is 4.99 Å². The first-order valence-electron chi connectivity index (χ1n) is 4.96. The molecule has 3 rings (SSSR count). The lowest BCUT2D eigenvalue weighted by molar-refractivity contribution is -0.137. The molecule has 0 radical (unpaired) electrons. The van der Waals surface area contributed by atoms with Gasteiger partial charge in [0.2, 0.25) is 0 Å². The zero-order valence-electron chi connectivity index (χ0n) is 8.37. The molecule has 0 saturated carbocycles. The number of nitrogens with zero attached hydrogens (tertiary/aromatic N) is 3. The van der Waals surface area contributed by atoms with E-state index in [-0.39, 0.29) is 11.8 Å². The summed E-state index contributed by atoms with van der Waals surface area (Å²) in [6.45, 7) is 0.646. The fourth-order valence-corrected chi connectivity index (χ4v) is 2.83. The Morgan fingerprint density at radius 3 is 2.81 bits per heavy atom. The van der Waals surface area contributed by atoms with E-state index in [1.54, 1.807) is 34.0 Å². The highest BCUT2D eigenvalue weighted by atomic mass is 32.2. The molecule has 1 aromatic rings. The van der Waals surface area contributed by atoms with Crippen molar-refractivity contribution in [2.24, 2.45) is 4.99 Å². The van der Waals surface area contributed by atoms with Crippen LogP contribution in [0.3, 0.4) is 0 Å². The van der Waals surface area contributed by atoms with Gasteiger partial charge in [0.15, 0.2) is 11.2 Å². The highest BCUT2D eigenvalue weighted by molar-refractivity contribution is 8.14. The average Bonchev–Trinajstić information content (AvgIpc) is 2.87. The summed E-state index contributed by atoms with van der Waals surface area (Å²) < 4.78 is 1.61. The van der Waals surface area contributed by atoms with Crippen molar-refractivity contribution in [3.63, 3.8) is 0 Å². The van der Waals surface area contributed by atoms with E-state index in [2.05, 4.69) is 4.99 Å². The Morgan fingerprint density at radius 1 is 1.31 bits per heavy atom. The van der Waals surface area contributed by atoms with E-state index in [1.807, 2.05) is 0 Å². The Labute approximate surface area is 96.1 Å². The first-order valence-corrected chi connectivity index (χ1v) is 5.95. The van der Waals surface area contributed by atoms with Gasteiger partial charge in [-0.1, -0.05) is 11.8 Å². The molecule has 1 saturated heterocycles. The maximum absolute atomic E-state index is 12.1. The van der Waals surface area contributed by atoms with Crippen LogP contribution in [-0.2, 0) is 9.59 Å². The van der Waals surface area contributed by atoms with Crippen molar-refractivity contribution in [1.82, 2.24) is 9.47 Å². The summed E-state index contributed by atoms with van der Waals surface area (Å²) in [5, 5.41) is 0.554. The van der Waals surface area contributed by atoms with E-state index < -0.39 is 6.04 Å². The van der Waals surface area contributed by atoms with Gasteiger partial charge in [-0.05, 0) is 12.1 Å². The molecule has 2 amide bonds. The van der Waals surface area contributed by atoms with Gasteiger partial charge < -0.3 is 4.57 Å². The highest BCUT2D eigenvalue weighted by Crippen LogP contribution is 2.27. The maximum atomic E-state index is 12.1. The molecule has 2 aliphatic heterocycles. The quantitative estimate of drug-likeness (QED) is 0.666. The zero-order valence-corrected chi connectivity index (χ0v) is 9.18. The number of aliphatic imine (C=N–C) groups is 1. The number of carbonyl (C=O) groups is 2. The smallest absolute Gasteiger partial charge is 0.280 e. The third-order valence-corrected chi connectivity index (χ3v) is 3.60. The summed E-state index contributed by atoms with van der Waals surface area (Å²) in [5.41, 5.74) is 0. The van der Waals surface area contributed by atoms with E-state index in [9.17, 15) is 9.59 Å². The van der Waals surface area contributed by atoms with Crippen molar-refractivity contribution in [1.29, 1.82) is 0 Å². The van der Waals surface area contributed by atoms with Crippen molar-refractivity contribution >= 4 is 28.7 Å². The van der Waals surface area contributed by atoms with Gasteiger partial charge >= 0.3 is 0 Å². The minimum atomic E-state index is -0.808. The van der Waals surface area contributed by atoms with Crippen molar-refractivity contribution < 1.29 is 9.59 Å². The second-order valence-corrected chi connectivity index (χ2v) is 4.67. The summed E-state index contributed by atoms with van der Waals surface area (Å²) >= 11 is 1.46. The Kier molecular flexibility index (Phi) is 2.10. The molecular weight excluding hydrogens is 226 g/mol. The van der Waals surface area contributed by atoms with Crippen molar-refractivity contribution in [2.75, 3.05) is 12.3 Å². The van der Waals surface area contributed by atoms with E-state index in [4.69, 9.17) is 0 Å². The first-order chi connectivity index (χ1) is 7.77. The molecule has 0 aromatic carbocycles. The standard InChI is InChI=1S/C10H9N3O2S/c14-8-7(12-3-1-2-4-12)9(15)13-5-6-16-10(13)11-8/h1-4,7H,5-6H2. The predicted octanol–water partition coefficient (Wildman–Crippen LogP) is 0.501.